The first-order chi connectivity index (χ1) is 8.40. The maximum absolute atomic E-state index is 12.0. The molecule has 0 saturated heterocycles. The van der Waals surface area contributed by atoms with Crippen LogP contribution in [0.1, 0.15) is 0 Å². The lowest BCUT2D eigenvalue weighted by Crippen LogP contribution is -2.18. The monoisotopic (exact) mass is 352 g/mol. The van der Waals surface area contributed by atoms with Gasteiger partial charge in [0, 0.05) is 7.05 Å². The van der Waals surface area contributed by atoms with Crippen LogP contribution in [0.15, 0.2) is 21.8 Å². The molecule has 2 rings (SSSR count). The van der Waals surface area contributed by atoms with Crippen molar-refractivity contribution in [1.82, 2.24) is 25.2 Å². The summed E-state index contributed by atoms with van der Waals surface area (Å²) >= 11 is 8.56. The Morgan fingerprint density at radius 2 is 2.06 bits per heavy atom. The van der Waals surface area contributed by atoms with Gasteiger partial charge in [-0.15, -0.1) is 15.3 Å². The molecule has 0 aliphatic carbocycles. The van der Waals surface area contributed by atoms with Gasteiger partial charge in [0.15, 0.2) is 15.6 Å². The maximum Gasteiger partial charge on any atom is 0.283 e. The van der Waals surface area contributed by atoms with Crippen LogP contribution < -0.4 is 4.72 Å². The fourth-order valence-electron chi connectivity index (χ4n) is 1.16. The van der Waals surface area contributed by atoms with Crippen molar-refractivity contribution in [2.45, 2.75) is 5.03 Å². The molecule has 0 unspecified atom stereocenters. The minimum Gasteiger partial charge on any atom is -0.260 e. The molecule has 2 heterocycles. The van der Waals surface area contributed by atoms with Gasteiger partial charge in [0.25, 0.3) is 10.0 Å². The molecule has 2 aromatic rings. The lowest BCUT2D eigenvalue weighted by molar-refractivity contribution is 0.578. The second-order valence-electron chi connectivity index (χ2n) is 3.16. The summed E-state index contributed by atoms with van der Waals surface area (Å²) < 4.78 is 27.6. The van der Waals surface area contributed by atoms with Gasteiger partial charge in [-0.3, -0.25) is 4.72 Å². The fourth-order valence-corrected chi connectivity index (χ4v) is 3.36. The highest BCUT2D eigenvalue weighted by Crippen LogP contribution is 2.20. The highest BCUT2D eigenvalue weighted by molar-refractivity contribution is 9.10. The van der Waals surface area contributed by atoms with Gasteiger partial charge < -0.3 is 0 Å². The van der Waals surface area contributed by atoms with E-state index in [1.807, 2.05) is 0 Å². The molecule has 11 heteroatoms. The fraction of sp³-hybridized carbons (Fsp3) is 0.143. The van der Waals surface area contributed by atoms with Gasteiger partial charge in [-0.1, -0.05) is 16.8 Å². The number of aryl methyl sites for hydroxylation is 1. The highest BCUT2D eigenvalue weighted by Gasteiger charge is 2.24. The Morgan fingerprint density at radius 3 is 2.56 bits per heavy atom. The summed E-state index contributed by atoms with van der Waals surface area (Å²) in [6, 6.07) is 2.81. The van der Waals surface area contributed by atoms with Crippen LogP contribution in [-0.4, -0.2) is 33.6 Å². The Labute approximate surface area is 116 Å². The van der Waals surface area contributed by atoms with Gasteiger partial charge in [0.1, 0.15) is 0 Å². The molecule has 0 aliphatic rings. The second kappa shape index (κ2) is 4.78. The Hall–Kier alpha value is -1.26. The zero-order valence-electron chi connectivity index (χ0n) is 8.87. The summed E-state index contributed by atoms with van der Waals surface area (Å²) in [4.78, 5) is 0. The predicted octanol–water partition coefficient (Wildman–Crippen LogP) is 0.822. The third-order valence-corrected chi connectivity index (χ3v) is 4.31. The van der Waals surface area contributed by atoms with Crippen molar-refractivity contribution in [3.63, 3.8) is 0 Å². The number of nitrogens with one attached hydrogen (secondary N) is 1. The average molecular weight is 354 g/mol. The molecule has 18 heavy (non-hydrogen) atoms. The van der Waals surface area contributed by atoms with E-state index in [0.717, 1.165) is 4.68 Å². The van der Waals surface area contributed by atoms with Crippen LogP contribution in [0.5, 0.6) is 0 Å². The van der Waals surface area contributed by atoms with E-state index < -0.39 is 10.0 Å². The van der Waals surface area contributed by atoms with Crippen LogP contribution in [0.25, 0.3) is 0 Å². The first kappa shape index (κ1) is 13.2. The zero-order valence-corrected chi connectivity index (χ0v) is 12.0. The van der Waals surface area contributed by atoms with Crippen LogP contribution in [0, 0.1) is 0 Å². The lowest BCUT2D eigenvalue weighted by Gasteiger charge is -2.06. The van der Waals surface area contributed by atoms with E-state index >= 15 is 0 Å². The van der Waals surface area contributed by atoms with Crippen molar-refractivity contribution in [3.05, 3.63) is 21.9 Å². The van der Waals surface area contributed by atoms with Crippen LogP contribution in [0.4, 0.5) is 5.82 Å². The van der Waals surface area contributed by atoms with E-state index in [4.69, 9.17) is 11.6 Å². The first-order valence-electron chi connectivity index (χ1n) is 4.47. The lowest BCUT2D eigenvalue weighted by atomic mass is 10.5. The van der Waals surface area contributed by atoms with Crippen molar-refractivity contribution in [2.75, 3.05) is 4.72 Å². The molecule has 0 saturated carbocycles. The van der Waals surface area contributed by atoms with E-state index in [0.29, 0.717) is 0 Å². The standard InChI is InChI=1S/C7H6BrClN6O2S/c1-15-7(6(8)12-14-15)18(16,17)13-5-3-2-4(9)10-11-5/h2-3H,1H3,(H,11,13). The van der Waals surface area contributed by atoms with Gasteiger partial charge in [-0.05, 0) is 28.1 Å². The topological polar surface area (TPSA) is 103 Å². The molecule has 8 nitrogen and oxygen atoms in total. The molecule has 0 spiro atoms. The minimum absolute atomic E-state index is 0.0486. The first-order valence-corrected chi connectivity index (χ1v) is 7.13. The Morgan fingerprint density at radius 1 is 1.33 bits per heavy atom. The zero-order chi connectivity index (χ0) is 13.3. The SMILES string of the molecule is Cn1nnc(Br)c1S(=O)(=O)Nc1ccc(Cl)nn1. The molecule has 0 bridgehead atoms. The largest absolute Gasteiger partial charge is 0.283 e. The Bertz CT molecular complexity index is 650. The Balaban J connectivity index is 2.36. The van der Waals surface area contributed by atoms with Crippen molar-refractivity contribution < 1.29 is 8.42 Å². The van der Waals surface area contributed by atoms with Gasteiger partial charge in [0.2, 0.25) is 5.03 Å². The number of halogens is 2. The number of hydrogen-bond acceptors (Lipinski definition) is 6. The van der Waals surface area contributed by atoms with Crippen LogP contribution in [0.3, 0.4) is 0 Å². The number of anilines is 1. The van der Waals surface area contributed by atoms with E-state index in [1.165, 1.54) is 19.2 Å². The normalized spacial score (nSPS) is 11.5. The third kappa shape index (κ3) is 2.60. The average Bonchev–Trinajstić information content (AvgIpc) is 2.62. The molecule has 0 amide bonds. The molecule has 0 atom stereocenters. The summed E-state index contributed by atoms with van der Waals surface area (Å²) in [5, 5.41) is 14.4. The minimum atomic E-state index is -3.85. The van der Waals surface area contributed by atoms with Crippen LogP contribution >= 0.6 is 27.5 Å². The van der Waals surface area contributed by atoms with Gasteiger partial charge in [-0.2, -0.15) is 8.42 Å². The van der Waals surface area contributed by atoms with Crippen molar-refractivity contribution in [2.24, 2.45) is 7.05 Å². The molecule has 0 radical (unpaired) electrons. The quantitative estimate of drug-likeness (QED) is 0.876. The number of sulfonamides is 1. The van der Waals surface area contributed by atoms with Crippen LogP contribution in [0.2, 0.25) is 5.15 Å². The predicted molar refractivity (Wildman–Crippen MR) is 66.6 cm³/mol. The van der Waals surface area contributed by atoms with Crippen molar-refractivity contribution in [1.29, 1.82) is 0 Å². The molecular formula is C7H6BrClN6O2S. The summed E-state index contributed by atoms with van der Waals surface area (Å²) in [5.74, 6) is 0.0486. The molecule has 96 valence electrons. The number of nitrogens with zero attached hydrogens (tertiary/aromatic N) is 5. The molecule has 2 aromatic heterocycles. The van der Waals surface area contributed by atoms with E-state index in [9.17, 15) is 8.42 Å². The van der Waals surface area contributed by atoms with E-state index in [2.05, 4.69) is 41.2 Å². The second-order valence-corrected chi connectivity index (χ2v) is 5.89. The van der Waals surface area contributed by atoms with Gasteiger partial charge >= 0.3 is 0 Å². The molecule has 1 N–H and O–H groups in total. The summed E-state index contributed by atoms with van der Waals surface area (Å²) in [6.45, 7) is 0. The van der Waals surface area contributed by atoms with E-state index in [-0.39, 0.29) is 20.6 Å². The highest BCUT2D eigenvalue weighted by atomic mass is 79.9. The summed E-state index contributed by atoms with van der Waals surface area (Å²) in [7, 11) is -2.39. The molecule has 0 aliphatic heterocycles. The summed E-state index contributed by atoms with van der Waals surface area (Å²) in [6.07, 6.45) is 0. The number of rotatable bonds is 3. The molecular weight excluding hydrogens is 348 g/mol. The smallest absolute Gasteiger partial charge is 0.260 e. The van der Waals surface area contributed by atoms with Gasteiger partial charge in [0.05, 0.1) is 0 Å². The van der Waals surface area contributed by atoms with Gasteiger partial charge in [-0.25, -0.2) is 4.68 Å². The van der Waals surface area contributed by atoms with Crippen molar-refractivity contribution in [3.8, 4) is 0 Å². The third-order valence-electron chi connectivity index (χ3n) is 1.86. The Kier molecular flexibility index (Phi) is 3.50. The summed E-state index contributed by atoms with van der Waals surface area (Å²) in [5.41, 5.74) is 0. The van der Waals surface area contributed by atoms with Crippen LogP contribution in [-0.2, 0) is 17.1 Å². The molecule has 0 fully saturated rings. The number of hydrogen-bond donors (Lipinski definition) is 1. The van der Waals surface area contributed by atoms with E-state index in [1.54, 1.807) is 0 Å². The van der Waals surface area contributed by atoms with Crippen molar-refractivity contribution >= 4 is 43.4 Å². The maximum atomic E-state index is 12.0. The number of aromatic nitrogens is 5. The molecule has 0 aromatic carbocycles.